The molecular formula is C15H19ClN2O. The number of fused-ring (bicyclic) bond motifs is 3. The zero-order valence-corrected chi connectivity index (χ0v) is 12.2. The Bertz CT molecular complexity index is 517. The van der Waals surface area contributed by atoms with E-state index in [-0.39, 0.29) is 11.8 Å². The van der Waals surface area contributed by atoms with Crippen molar-refractivity contribution in [1.82, 2.24) is 4.90 Å². The van der Waals surface area contributed by atoms with Gasteiger partial charge in [-0.3, -0.25) is 4.79 Å². The van der Waals surface area contributed by atoms with Crippen LogP contribution in [-0.4, -0.2) is 42.9 Å². The van der Waals surface area contributed by atoms with Gasteiger partial charge >= 0.3 is 0 Å². The number of aryl methyl sites for hydroxylation is 1. The Morgan fingerprint density at radius 3 is 3.00 bits per heavy atom. The molecule has 0 saturated carbocycles. The predicted octanol–water partition coefficient (Wildman–Crippen LogP) is 2.37. The number of benzene rings is 1. The van der Waals surface area contributed by atoms with E-state index in [2.05, 4.69) is 37.1 Å². The first kappa shape index (κ1) is 12.9. The van der Waals surface area contributed by atoms with Crippen LogP contribution in [0.2, 0.25) is 0 Å². The third-order valence-electron chi connectivity index (χ3n) is 4.34. The van der Waals surface area contributed by atoms with Crippen molar-refractivity contribution in [3.05, 3.63) is 29.3 Å². The maximum Gasteiger partial charge on any atom is 0.242 e. The van der Waals surface area contributed by atoms with Gasteiger partial charge in [-0.15, -0.1) is 11.6 Å². The molecule has 1 aromatic rings. The van der Waals surface area contributed by atoms with Gasteiger partial charge in [0.2, 0.25) is 5.91 Å². The number of hydrogen-bond donors (Lipinski definition) is 0. The molecule has 2 atom stereocenters. The van der Waals surface area contributed by atoms with Gasteiger partial charge in [0.15, 0.2) is 0 Å². The van der Waals surface area contributed by atoms with Gasteiger partial charge in [0, 0.05) is 24.2 Å². The average molecular weight is 279 g/mol. The molecule has 1 saturated heterocycles. The van der Waals surface area contributed by atoms with Crippen LogP contribution >= 0.6 is 11.6 Å². The highest BCUT2D eigenvalue weighted by Gasteiger charge is 2.43. The number of amides is 1. The summed E-state index contributed by atoms with van der Waals surface area (Å²) in [7, 11) is 2.15. The van der Waals surface area contributed by atoms with Gasteiger partial charge in [0.1, 0.15) is 5.88 Å². The standard InChI is InChI=1S/C15H19ClN2O/c1-10-3-4-13-11(7-10)12-9-17(2)6-5-14(12)18(13)15(19)8-16/h3-4,7,12,14H,5-6,8-9H2,1-2H3. The summed E-state index contributed by atoms with van der Waals surface area (Å²) in [5.41, 5.74) is 3.64. The highest BCUT2D eigenvalue weighted by Crippen LogP contribution is 2.44. The number of likely N-dealkylation sites (N-methyl/N-ethyl adjacent to an activating group) is 1. The van der Waals surface area contributed by atoms with Gasteiger partial charge in [-0.1, -0.05) is 17.7 Å². The molecule has 19 heavy (non-hydrogen) atoms. The minimum atomic E-state index is 0.0313. The number of likely N-dealkylation sites (tertiary alicyclic amines) is 1. The summed E-state index contributed by atoms with van der Waals surface area (Å²) < 4.78 is 0. The van der Waals surface area contributed by atoms with E-state index < -0.39 is 0 Å². The van der Waals surface area contributed by atoms with E-state index in [0.29, 0.717) is 12.0 Å². The normalized spacial score (nSPS) is 26.2. The number of alkyl halides is 1. The smallest absolute Gasteiger partial charge is 0.242 e. The molecule has 2 aliphatic rings. The number of nitrogens with zero attached hydrogens (tertiary/aromatic N) is 2. The molecule has 0 bridgehead atoms. The van der Waals surface area contributed by atoms with Crippen LogP contribution in [0.25, 0.3) is 0 Å². The first-order chi connectivity index (χ1) is 9.11. The van der Waals surface area contributed by atoms with Crippen LogP contribution < -0.4 is 4.90 Å². The Labute approximate surface area is 119 Å². The number of piperidine rings is 1. The van der Waals surface area contributed by atoms with Crippen molar-refractivity contribution < 1.29 is 4.79 Å². The van der Waals surface area contributed by atoms with E-state index in [4.69, 9.17) is 11.6 Å². The van der Waals surface area contributed by atoms with Crippen molar-refractivity contribution in [2.24, 2.45) is 0 Å². The number of anilines is 1. The van der Waals surface area contributed by atoms with E-state index in [0.717, 1.165) is 25.2 Å². The molecule has 0 radical (unpaired) electrons. The van der Waals surface area contributed by atoms with Crippen LogP contribution in [0.3, 0.4) is 0 Å². The van der Waals surface area contributed by atoms with Crippen LogP contribution in [-0.2, 0) is 4.79 Å². The molecule has 2 aliphatic heterocycles. The maximum atomic E-state index is 12.2. The van der Waals surface area contributed by atoms with E-state index in [9.17, 15) is 4.79 Å². The van der Waals surface area contributed by atoms with Crippen LogP contribution in [0.1, 0.15) is 23.5 Å². The van der Waals surface area contributed by atoms with Crippen LogP contribution in [0.4, 0.5) is 5.69 Å². The molecule has 102 valence electrons. The van der Waals surface area contributed by atoms with Crippen LogP contribution in [0.5, 0.6) is 0 Å². The molecule has 4 heteroatoms. The fraction of sp³-hybridized carbons (Fsp3) is 0.533. The average Bonchev–Trinajstić information content (AvgIpc) is 2.71. The van der Waals surface area contributed by atoms with E-state index in [1.54, 1.807) is 0 Å². The molecule has 1 fully saturated rings. The molecule has 0 aliphatic carbocycles. The highest BCUT2D eigenvalue weighted by atomic mass is 35.5. The Morgan fingerprint density at radius 2 is 2.26 bits per heavy atom. The summed E-state index contributed by atoms with van der Waals surface area (Å²) >= 11 is 5.79. The number of halogens is 1. The zero-order valence-electron chi connectivity index (χ0n) is 11.4. The summed E-state index contributed by atoms with van der Waals surface area (Å²) in [6, 6.07) is 6.68. The van der Waals surface area contributed by atoms with Gasteiger partial charge in [-0.25, -0.2) is 0 Å². The SMILES string of the molecule is Cc1ccc2c(c1)C1CN(C)CCC1N2C(=O)CCl. The fourth-order valence-electron chi connectivity index (χ4n) is 3.47. The lowest BCUT2D eigenvalue weighted by Gasteiger charge is -2.36. The first-order valence-electron chi connectivity index (χ1n) is 6.79. The second-order valence-corrected chi connectivity index (χ2v) is 5.95. The summed E-state index contributed by atoms with van der Waals surface area (Å²) in [5.74, 6) is 0.525. The molecule has 2 unspecified atom stereocenters. The van der Waals surface area contributed by atoms with Gasteiger partial charge in [0.25, 0.3) is 0 Å². The lowest BCUT2D eigenvalue weighted by atomic mass is 9.89. The van der Waals surface area contributed by atoms with Crippen molar-refractivity contribution in [3.63, 3.8) is 0 Å². The lowest BCUT2D eigenvalue weighted by molar-refractivity contribution is -0.116. The van der Waals surface area contributed by atoms with Crippen molar-refractivity contribution >= 4 is 23.2 Å². The zero-order chi connectivity index (χ0) is 13.6. The third kappa shape index (κ3) is 2.05. The van der Waals surface area contributed by atoms with Crippen LogP contribution in [0, 0.1) is 6.92 Å². The van der Waals surface area contributed by atoms with Crippen molar-refractivity contribution in [1.29, 1.82) is 0 Å². The highest BCUT2D eigenvalue weighted by molar-refractivity contribution is 6.29. The van der Waals surface area contributed by atoms with Gasteiger partial charge < -0.3 is 9.80 Å². The topological polar surface area (TPSA) is 23.6 Å². The Balaban J connectivity index is 2.06. The summed E-state index contributed by atoms with van der Waals surface area (Å²) in [6.45, 7) is 4.17. The summed E-state index contributed by atoms with van der Waals surface area (Å²) in [5, 5.41) is 0. The molecule has 0 spiro atoms. The van der Waals surface area contributed by atoms with E-state index in [1.165, 1.54) is 11.1 Å². The summed E-state index contributed by atoms with van der Waals surface area (Å²) in [6.07, 6.45) is 1.03. The molecule has 1 amide bonds. The fourth-order valence-corrected chi connectivity index (χ4v) is 3.60. The van der Waals surface area contributed by atoms with E-state index in [1.807, 2.05) is 4.90 Å². The molecule has 1 aromatic carbocycles. The third-order valence-corrected chi connectivity index (χ3v) is 4.56. The summed E-state index contributed by atoms with van der Waals surface area (Å²) in [4.78, 5) is 16.5. The Hall–Kier alpha value is -1.06. The molecular weight excluding hydrogens is 260 g/mol. The molecule has 0 N–H and O–H groups in total. The van der Waals surface area contributed by atoms with Gasteiger partial charge in [0.05, 0.1) is 0 Å². The quantitative estimate of drug-likeness (QED) is 0.737. The van der Waals surface area contributed by atoms with Crippen molar-refractivity contribution in [3.8, 4) is 0 Å². The number of rotatable bonds is 1. The van der Waals surface area contributed by atoms with Crippen LogP contribution in [0.15, 0.2) is 18.2 Å². The predicted molar refractivity (Wildman–Crippen MR) is 78.0 cm³/mol. The largest absolute Gasteiger partial charge is 0.307 e. The Morgan fingerprint density at radius 1 is 1.47 bits per heavy atom. The maximum absolute atomic E-state index is 12.2. The number of carbonyl (C=O) groups excluding carboxylic acids is 1. The lowest BCUT2D eigenvalue weighted by Crippen LogP contribution is -2.47. The van der Waals surface area contributed by atoms with Crippen molar-refractivity contribution in [2.75, 3.05) is 30.9 Å². The number of carbonyl (C=O) groups is 1. The second kappa shape index (κ2) is 4.80. The Kier molecular flexibility index (Phi) is 3.27. The van der Waals surface area contributed by atoms with Gasteiger partial charge in [-0.05, 0) is 38.6 Å². The molecule has 0 aromatic heterocycles. The number of hydrogen-bond acceptors (Lipinski definition) is 2. The monoisotopic (exact) mass is 278 g/mol. The molecule has 3 nitrogen and oxygen atoms in total. The van der Waals surface area contributed by atoms with Crippen molar-refractivity contribution in [2.45, 2.75) is 25.3 Å². The molecule has 3 rings (SSSR count). The molecule has 2 heterocycles. The first-order valence-corrected chi connectivity index (χ1v) is 7.32. The minimum Gasteiger partial charge on any atom is -0.307 e. The van der Waals surface area contributed by atoms with Gasteiger partial charge in [-0.2, -0.15) is 0 Å². The minimum absolute atomic E-state index is 0.0313. The van der Waals surface area contributed by atoms with E-state index >= 15 is 0 Å². The second-order valence-electron chi connectivity index (χ2n) is 5.68.